The zero-order valence-corrected chi connectivity index (χ0v) is 9.78. The van der Waals surface area contributed by atoms with Crippen molar-refractivity contribution in [2.24, 2.45) is 0 Å². The van der Waals surface area contributed by atoms with Gasteiger partial charge < -0.3 is 5.32 Å². The van der Waals surface area contributed by atoms with E-state index < -0.39 is 0 Å². The molecule has 0 aliphatic rings. The highest BCUT2D eigenvalue weighted by Gasteiger charge is 2.05. The van der Waals surface area contributed by atoms with Gasteiger partial charge in [0.15, 0.2) is 0 Å². The maximum Gasteiger partial charge on any atom is 0.267 e. The number of anilines is 1. The van der Waals surface area contributed by atoms with E-state index in [-0.39, 0.29) is 5.56 Å². The Bertz CT molecular complexity index is 547. The normalized spacial score (nSPS) is 10.4. The summed E-state index contributed by atoms with van der Waals surface area (Å²) in [7, 11) is 1.78. The Morgan fingerprint density at radius 2 is 2.31 bits per heavy atom. The Kier molecular flexibility index (Phi) is 2.95. The Hall–Kier alpha value is -1.76. The van der Waals surface area contributed by atoms with Gasteiger partial charge in [0.25, 0.3) is 5.56 Å². The number of nitrogens with zero attached hydrogens (tertiary/aromatic N) is 4. The standard InChI is InChI=1S/C9H11N5OS/c1-6-3-8(15)14(11-4-6)5-7-12-13-9(10-2)16-7/h3-4H,5H2,1-2H3,(H,10,13). The maximum atomic E-state index is 11.6. The first-order valence-corrected chi connectivity index (χ1v) is 5.54. The molecule has 1 N–H and O–H groups in total. The van der Waals surface area contributed by atoms with E-state index in [1.807, 2.05) is 6.92 Å². The third-order valence-electron chi connectivity index (χ3n) is 1.97. The third-order valence-corrected chi connectivity index (χ3v) is 2.90. The molecule has 0 bridgehead atoms. The molecular formula is C9H11N5OS. The van der Waals surface area contributed by atoms with Crippen LogP contribution in [0.2, 0.25) is 0 Å². The Labute approximate surface area is 96.0 Å². The molecule has 2 rings (SSSR count). The summed E-state index contributed by atoms with van der Waals surface area (Å²) in [6, 6.07) is 1.55. The zero-order chi connectivity index (χ0) is 11.5. The van der Waals surface area contributed by atoms with Crippen LogP contribution >= 0.6 is 11.3 Å². The number of hydrogen-bond donors (Lipinski definition) is 1. The summed E-state index contributed by atoms with van der Waals surface area (Å²) in [6.07, 6.45) is 1.65. The monoisotopic (exact) mass is 237 g/mol. The molecule has 0 unspecified atom stereocenters. The molecule has 0 atom stereocenters. The van der Waals surface area contributed by atoms with Crippen molar-refractivity contribution in [3.8, 4) is 0 Å². The van der Waals surface area contributed by atoms with E-state index in [2.05, 4.69) is 20.6 Å². The van der Waals surface area contributed by atoms with Crippen molar-refractivity contribution in [2.45, 2.75) is 13.5 Å². The minimum Gasteiger partial charge on any atom is -0.363 e. The fourth-order valence-electron chi connectivity index (χ4n) is 1.19. The predicted molar refractivity (Wildman–Crippen MR) is 61.8 cm³/mol. The van der Waals surface area contributed by atoms with Crippen molar-refractivity contribution in [2.75, 3.05) is 12.4 Å². The van der Waals surface area contributed by atoms with Crippen molar-refractivity contribution in [3.05, 3.63) is 33.2 Å². The van der Waals surface area contributed by atoms with Crippen LogP contribution in [0, 0.1) is 6.92 Å². The van der Waals surface area contributed by atoms with E-state index in [0.717, 1.165) is 15.7 Å². The number of rotatable bonds is 3. The molecule has 0 saturated heterocycles. The number of aromatic nitrogens is 4. The van der Waals surface area contributed by atoms with Crippen LogP contribution in [0.25, 0.3) is 0 Å². The van der Waals surface area contributed by atoms with E-state index in [9.17, 15) is 4.79 Å². The average Bonchev–Trinajstić information content (AvgIpc) is 2.70. The van der Waals surface area contributed by atoms with E-state index in [4.69, 9.17) is 0 Å². The zero-order valence-electron chi connectivity index (χ0n) is 8.97. The smallest absolute Gasteiger partial charge is 0.267 e. The molecule has 84 valence electrons. The van der Waals surface area contributed by atoms with E-state index in [1.54, 1.807) is 19.3 Å². The molecule has 0 spiro atoms. The summed E-state index contributed by atoms with van der Waals surface area (Å²) in [6.45, 7) is 2.20. The molecule has 7 heteroatoms. The lowest BCUT2D eigenvalue weighted by Crippen LogP contribution is -2.22. The van der Waals surface area contributed by atoms with Crippen LogP contribution in [0.4, 0.5) is 5.13 Å². The van der Waals surface area contributed by atoms with Gasteiger partial charge in [0.05, 0.1) is 12.7 Å². The molecule has 16 heavy (non-hydrogen) atoms. The first-order valence-electron chi connectivity index (χ1n) is 4.73. The van der Waals surface area contributed by atoms with E-state index in [1.165, 1.54) is 16.0 Å². The fraction of sp³-hybridized carbons (Fsp3) is 0.333. The van der Waals surface area contributed by atoms with Crippen LogP contribution < -0.4 is 10.9 Å². The summed E-state index contributed by atoms with van der Waals surface area (Å²) < 4.78 is 1.37. The van der Waals surface area contributed by atoms with Crippen LogP contribution in [0.1, 0.15) is 10.6 Å². The average molecular weight is 237 g/mol. The second-order valence-corrected chi connectivity index (χ2v) is 4.34. The molecule has 0 amide bonds. The van der Waals surface area contributed by atoms with Crippen LogP contribution in [0.5, 0.6) is 0 Å². The van der Waals surface area contributed by atoms with Crippen LogP contribution in [-0.4, -0.2) is 27.0 Å². The Morgan fingerprint density at radius 1 is 1.50 bits per heavy atom. The Balaban J connectivity index is 2.23. The van der Waals surface area contributed by atoms with Gasteiger partial charge in [-0.3, -0.25) is 4.79 Å². The van der Waals surface area contributed by atoms with Crippen LogP contribution in [-0.2, 0) is 6.54 Å². The topological polar surface area (TPSA) is 72.7 Å². The van der Waals surface area contributed by atoms with E-state index >= 15 is 0 Å². The molecule has 2 aromatic rings. The van der Waals surface area contributed by atoms with Gasteiger partial charge in [0, 0.05) is 13.1 Å². The number of nitrogens with one attached hydrogen (secondary N) is 1. The minimum atomic E-state index is -0.124. The largest absolute Gasteiger partial charge is 0.363 e. The quantitative estimate of drug-likeness (QED) is 0.841. The van der Waals surface area contributed by atoms with Crippen LogP contribution in [0.3, 0.4) is 0 Å². The lowest BCUT2D eigenvalue weighted by Gasteiger charge is -2.00. The van der Waals surface area contributed by atoms with Gasteiger partial charge in [-0.05, 0) is 12.5 Å². The minimum absolute atomic E-state index is 0.124. The first-order chi connectivity index (χ1) is 7.69. The molecule has 2 aromatic heterocycles. The molecule has 0 radical (unpaired) electrons. The third kappa shape index (κ3) is 2.25. The maximum absolute atomic E-state index is 11.6. The van der Waals surface area contributed by atoms with Crippen molar-refractivity contribution in [3.63, 3.8) is 0 Å². The van der Waals surface area contributed by atoms with Gasteiger partial charge >= 0.3 is 0 Å². The van der Waals surface area contributed by atoms with Crippen molar-refractivity contribution < 1.29 is 0 Å². The molecule has 2 heterocycles. The Morgan fingerprint density at radius 3 is 2.94 bits per heavy atom. The highest BCUT2D eigenvalue weighted by molar-refractivity contribution is 7.15. The second-order valence-electron chi connectivity index (χ2n) is 3.28. The second kappa shape index (κ2) is 4.40. The van der Waals surface area contributed by atoms with Gasteiger partial charge in [-0.1, -0.05) is 11.3 Å². The lowest BCUT2D eigenvalue weighted by molar-refractivity contribution is 0.629. The molecule has 0 aromatic carbocycles. The van der Waals surface area contributed by atoms with Gasteiger partial charge in [0.1, 0.15) is 5.01 Å². The number of hydrogen-bond acceptors (Lipinski definition) is 6. The van der Waals surface area contributed by atoms with Gasteiger partial charge in [-0.15, -0.1) is 10.2 Å². The summed E-state index contributed by atoms with van der Waals surface area (Å²) in [5, 5.41) is 16.3. The van der Waals surface area contributed by atoms with Crippen LogP contribution in [0.15, 0.2) is 17.1 Å². The van der Waals surface area contributed by atoms with Gasteiger partial charge in [0.2, 0.25) is 5.13 Å². The molecule has 0 saturated carbocycles. The van der Waals surface area contributed by atoms with E-state index in [0.29, 0.717) is 6.54 Å². The molecular weight excluding hydrogens is 226 g/mol. The number of aryl methyl sites for hydroxylation is 1. The first kappa shape index (κ1) is 10.7. The molecule has 0 aliphatic heterocycles. The van der Waals surface area contributed by atoms with Crippen molar-refractivity contribution in [1.82, 2.24) is 20.0 Å². The molecule has 0 fully saturated rings. The molecule has 6 nitrogen and oxygen atoms in total. The highest BCUT2D eigenvalue weighted by Crippen LogP contribution is 2.14. The van der Waals surface area contributed by atoms with Crippen molar-refractivity contribution >= 4 is 16.5 Å². The summed E-state index contributed by atoms with van der Waals surface area (Å²) in [5.41, 5.74) is 0.732. The summed E-state index contributed by atoms with van der Waals surface area (Å²) >= 11 is 1.41. The van der Waals surface area contributed by atoms with Gasteiger partial charge in [-0.25, -0.2) is 4.68 Å². The SMILES string of the molecule is CNc1nnc(Cn2ncc(C)cc2=O)s1. The lowest BCUT2D eigenvalue weighted by atomic mass is 10.3. The van der Waals surface area contributed by atoms with Crippen molar-refractivity contribution in [1.29, 1.82) is 0 Å². The summed E-state index contributed by atoms with van der Waals surface area (Å²) in [5.74, 6) is 0. The summed E-state index contributed by atoms with van der Waals surface area (Å²) in [4.78, 5) is 11.6. The highest BCUT2D eigenvalue weighted by atomic mass is 32.1. The fourth-order valence-corrected chi connectivity index (χ4v) is 1.86. The predicted octanol–water partition coefficient (Wildman–Crippen LogP) is 0.493. The molecule has 0 aliphatic carbocycles. The van der Waals surface area contributed by atoms with Gasteiger partial charge in [-0.2, -0.15) is 5.10 Å².